The van der Waals surface area contributed by atoms with Crippen molar-refractivity contribution < 1.29 is 26.3 Å². The van der Waals surface area contributed by atoms with Crippen molar-refractivity contribution >= 4 is 0 Å². The molecule has 0 N–H and O–H groups in total. The molecule has 7 heteroatoms. The van der Waals surface area contributed by atoms with Crippen molar-refractivity contribution in [2.75, 3.05) is 0 Å². The van der Waals surface area contributed by atoms with Gasteiger partial charge in [-0.25, -0.2) is 0 Å². The molecule has 0 spiro atoms. The van der Waals surface area contributed by atoms with Crippen LogP contribution in [0.15, 0.2) is 42.7 Å². The van der Waals surface area contributed by atoms with Crippen molar-refractivity contribution in [1.29, 1.82) is 0 Å². The molecule has 112 valence electrons. The standard InChI is InChI=1S/C14H9F6N/c15-13(16,17)11-6-10(5-9-1-3-21-4-2-9)7-12(8-11)14(18,19)20/h1-4,6-8H,5H2. The van der Waals surface area contributed by atoms with E-state index in [2.05, 4.69) is 4.98 Å². The van der Waals surface area contributed by atoms with Crippen LogP contribution in [0.2, 0.25) is 0 Å². The minimum absolute atomic E-state index is 0.0322. The number of nitrogens with zero attached hydrogens (tertiary/aromatic N) is 1. The van der Waals surface area contributed by atoms with Crippen LogP contribution in [0.5, 0.6) is 0 Å². The highest BCUT2D eigenvalue weighted by atomic mass is 19.4. The van der Waals surface area contributed by atoms with Gasteiger partial charge in [0.1, 0.15) is 0 Å². The summed E-state index contributed by atoms with van der Waals surface area (Å²) in [5, 5.41) is 0. The van der Waals surface area contributed by atoms with Gasteiger partial charge in [0.25, 0.3) is 0 Å². The Kier molecular flexibility index (Phi) is 3.93. The monoisotopic (exact) mass is 305 g/mol. The Labute approximate surface area is 116 Å². The zero-order chi connectivity index (χ0) is 15.7. The number of pyridine rings is 1. The molecule has 0 fully saturated rings. The molecule has 0 aliphatic heterocycles. The summed E-state index contributed by atoms with van der Waals surface area (Å²) in [6, 6.07) is 4.66. The highest BCUT2D eigenvalue weighted by Crippen LogP contribution is 2.36. The summed E-state index contributed by atoms with van der Waals surface area (Å²) >= 11 is 0. The van der Waals surface area contributed by atoms with E-state index >= 15 is 0 Å². The Bertz CT molecular complexity index is 583. The SMILES string of the molecule is FC(F)(F)c1cc(Cc2ccncc2)cc(C(F)(F)F)c1. The van der Waals surface area contributed by atoms with Crippen molar-refractivity contribution in [1.82, 2.24) is 4.98 Å². The molecule has 0 bridgehead atoms. The Morgan fingerprint density at radius 2 is 1.19 bits per heavy atom. The van der Waals surface area contributed by atoms with Gasteiger partial charge in [0, 0.05) is 12.4 Å². The minimum Gasteiger partial charge on any atom is -0.265 e. The van der Waals surface area contributed by atoms with E-state index in [1.807, 2.05) is 0 Å². The average molecular weight is 305 g/mol. The summed E-state index contributed by atoms with van der Waals surface area (Å²) < 4.78 is 76.2. The van der Waals surface area contributed by atoms with Gasteiger partial charge in [-0.05, 0) is 47.9 Å². The van der Waals surface area contributed by atoms with E-state index in [1.165, 1.54) is 24.5 Å². The molecular weight excluding hydrogens is 296 g/mol. The second kappa shape index (κ2) is 5.38. The Hall–Kier alpha value is -2.05. The third-order valence-corrected chi connectivity index (χ3v) is 2.81. The molecule has 0 radical (unpaired) electrons. The van der Waals surface area contributed by atoms with Crippen LogP contribution in [0, 0.1) is 0 Å². The Morgan fingerprint density at radius 3 is 1.62 bits per heavy atom. The van der Waals surface area contributed by atoms with Crippen molar-refractivity contribution in [3.63, 3.8) is 0 Å². The maximum atomic E-state index is 12.7. The maximum Gasteiger partial charge on any atom is 0.416 e. The number of hydrogen-bond donors (Lipinski definition) is 0. The molecule has 1 aromatic heterocycles. The first-order valence-electron chi connectivity index (χ1n) is 5.83. The van der Waals surface area contributed by atoms with Gasteiger partial charge in [0.05, 0.1) is 11.1 Å². The first kappa shape index (κ1) is 15.3. The molecule has 1 heterocycles. The third-order valence-electron chi connectivity index (χ3n) is 2.81. The van der Waals surface area contributed by atoms with Crippen molar-refractivity contribution in [2.45, 2.75) is 18.8 Å². The molecule has 0 unspecified atom stereocenters. The predicted octanol–water partition coefficient (Wildman–Crippen LogP) is 4.71. The topological polar surface area (TPSA) is 12.9 Å². The largest absolute Gasteiger partial charge is 0.416 e. The van der Waals surface area contributed by atoms with Gasteiger partial charge in [0.15, 0.2) is 0 Å². The van der Waals surface area contributed by atoms with Crippen LogP contribution in [0.4, 0.5) is 26.3 Å². The second-order valence-corrected chi connectivity index (χ2v) is 4.45. The summed E-state index contributed by atoms with van der Waals surface area (Å²) in [4.78, 5) is 3.74. The number of halogens is 6. The van der Waals surface area contributed by atoms with Crippen LogP contribution < -0.4 is 0 Å². The lowest BCUT2D eigenvalue weighted by Crippen LogP contribution is -2.12. The highest BCUT2D eigenvalue weighted by molar-refractivity contribution is 5.36. The number of alkyl halides is 6. The lowest BCUT2D eigenvalue weighted by atomic mass is 10.00. The lowest BCUT2D eigenvalue weighted by molar-refractivity contribution is -0.143. The van der Waals surface area contributed by atoms with Gasteiger partial charge in [-0.3, -0.25) is 4.98 Å². The molecule has 0 amide bonds. The molecular formula is C14H9F6N. The molecule has 2 aromatic rings. The summed E-state index contributed by atoms with van der Waals surface area (Å²) in [5.41, 5.74) is -2.08. The molecule has 0 aliphatic rings. The molecule has 2 rings (SSSR count). The quantitative estimate of drug-likeness (QED) is 0.732. The van der Waals surface area contributed by atoms with E-state index < -0.39 is 23.5 Å². The summed E-state index contributed by atoms with van der Waals surface area (Å²) in [6.45, 7) is 0. The van der Waals surface area contributed by atoms with Gasteiger partial charge in [-0.15, -0.1) is 0 Å². The van der Waals surface area contributed by atoms with Crippen LogP contribution in [-0.2, 0) is 18.8 Å². The van der Waals surface area contributed by atoms with Crippen molar-refractivity contribution in [3.05, 3.63) is 65.0 Å². The van der Waals surface area contributed by atoms with E-state index in [4.69, 9.17) is 0 Å². The smallest absolute Gasteiger partial charge is 0.265 e. The lowest BCUT2D eigenvalue weighted by Gasteiger charge is -2.14. The zero-order valence-corrected chi connectivity index (χ0v) is 10.5. The van der Waals surface area contributed by atoms with Gasteiger partial charge in [-0.1, -0.05) is 0 Å². The Balaban J connectivity index is 2.45. The predicted molar refractivity (Wildman–Crippen MR) is 63.5 cm³/mol. The molecule has 0 aliphatic carbocycles. The summed E-state index contributed by atoms with van der Waals surface area (Å²) in [6.07, 6.45) is -6.83. The molecule has 1 nitrogen and oxygen atoms in total. The fourth-order valence-corrected chi connectivity index (χ4v) is 1.86. The zero-order valence-electron chi connectivity index (χ0n) is 10.5. The summed E-state index contributed by atoms with van der Waals surface area (Å²) in [5.74, 6) is 0. The second-order valence-electron chi connectivity index (χ2n) is 4.45. The number of hydrogen-bond acceptors (Lipinski definition) is 1. The molecule has 0 saturated heterocycles. The molecule has 21 heavy (non-hydrogen) atoms. The first-order chi connectivity index (χ1) is 9.66. The minimum atomic E-state index is -4.83. The fraction of sp³-hybridized carbons (Fsp3) is 0.214. The molecule has 0 saturated carbocycles. The summed E-state index contributed by atoms with van der Waals surface area (Å²) in [7, 11) is 0. The Morgan fingerprint density at radius 1 is 0.714 bits per heavy atom. The normalized spacial score (nSPS) is 12.5. The van der Waals surface area contributed by atoms with E-state index in [0.717, 1.165) is 12.1 Å². The highest BCUT2D eigenvalue weighted by Gasteiger charge is 2.36. The fourth-order valence-electron chi connectivity index (χ4n) is 1.86. The molecule has 0 atom stereocenters. The van der Waals surface area contributed by atoms with Gasteiger partial charge < -0.3 is 0 Å². The maximum absolute atomic E-state index is 12.7. The van der Waals surface area contributed by atoms with Gasteiger partial charge in [-0.2, -0.15) is 26.3 Å². The van der Waals surface area contributed by atoms with Crippen molar-refractivity contribution in [2.24, 2.45) is 0 Å². The van der Waals surface area contributed by atoms with E-state index in [-0.39, 0.29) is 18.1 Å². The van der Waals surface area contributed by atoms with Crippen LogP contribution in [0.1, 0.15) is 22.3 Å². The number of rotatable bonds is 2. The number of benzene rings is 1. The van der Waals surface area contributed by atoms with E-state index in [0.29, 0.717) is 5.56 Å². The average Bonchev–Trinajstić information content (AvgIpc) is 2.37. The van der Waals surface area contributed by atoms with Crippen LogP contribution in [0.3, 0.4) is 0 Å². The van der Waals surface area contributed by atoms with Crippen LogP contribution in [0.25, 0.3) is 0 Å². The van der Waals surface area contributed by atoms with Crippen molar-refractivity contribution in [3.8, 4) is 0 Å². The first-order valence-corrected chi connectivity index (χ1v) is 5.83. The van der Waals surface area contributed by atoms with E-state index in [9.17, 15) is 26.3 Å². The van der Waals surface area contributed by atoms with Gasteiger partial charge >= 0.3 is 12.4 Å². The van der Waals surface area contributed by atoms with Gasteiger partial charge in [0.2, 0.25) is 0 Å². The van der Waals surface area contributed by atoms with E-state index in [1.54, 1.807) is 0 Å². The van der Waals surface area contributed by atoms with Crippen LogP contribution in [-0.4, -0.2) is 4.98 Å². The number of aromatic nitrogens is 1. The van der Waals surface area contributed by atoms with Crippen LogP contribution >= 0.6 is 0 Å². The third kappa shape index (κ3) is 3.96. The molecule has 1 aromatic carbocycles.